The van der Waals surface area contributed by atoms with E-state index in [4.69, 9.17) is 34.8 Å². The lowest BCUT2D eigenvalue weighted by molar-refractivity contribution is 1.39. The molecular formula is C2H2Cl3N. The van der Waals surface area contributed by atoms with E-state index in [1.54, 1.807) is 0 Å². The van der Waals surface area contributed by atoms with Gasteiger partial charge in [-0.3, -0.25) is 0 Å². The van der Waals surface area contributed by atoms with E-state index in [2.05, 4.69) is 4.99 Å². The van der Waals surface area contributed by atoms with Crippen LogP contribution in [-0.2, 0) is 0 Å². The lowest BCUT2D eigenvalue weighted by Crippen LogP contribution is -1.67. The zero-order valence-corrected chi connectivity index (χ0v) is 5.06. The number of alkyl halides is 1. The molecule has 0 aliphatic rings. The van der Waals surface area contributed by atoms with E-state index in [0.717, 1.165) is 0 Å². The molecule has 0 aromatic rings. The van der Waals surface area contributed by atoms with Crippen molar-refractivity contribution in [1.29, 1.82) is 0 Å². The summed E-state index contributed by atoms with van der Waals surface area (Å²) in [6.07, 6.45) is 0. The van der Waals surface area contributed by atoms with E-state index in [1.165, 1.54) is 0 Å². The molecule has 0 saturated carbocycles. The second kappa shape index (κ2) is 3.72. The van der Waals surface area contributed by atoms with Gasteiger partial charge in [-0.15, -0.1) is 11.6 Å². The Labute approximate surface area is 50.9 Å². The predicted molar refractivity (Wildman–Crippen MR) is 29.9 cm³/mol. The first kappa shape index (κ1) is 6.54. The minimum absolute atomic E-state index is 0.0231. The molecule has 0 aliphatic heterocycles. The molecule has 4 heteroatoms. The maximum Gasteiger partial charge on any atom is 0.193 e. The van der Waals surface area contributed by atoms with Gasteiger partial charge in [0.15, 0.2) is 4.63 Å². The van der Waals surface area contributed by atoms with Crippen LogP contribution in [0, 0.1) is 0 Å². The van der Waals surface area contributed by atoms with E-state index >= 15 is 0 Å². The Balaban J connectivity index is 3.14. The molecule has 6 heavy (non-hydrogen) atoms. The van der Waals surface area contributed by atoms with Crippen LogP contribution in [0.5, 0.6) is 0 Å². The van der Waals surface area contributed by atoms with Gasteiger partial charge >= 0.3 is 0 Å². The minimum Gasteiger partial charge on any atom is -0.247 e. The molecule has 0 unspecified atom stereocenters. The van der Waals surface area contributed by atoms with Crippen molar-refractivity contribution in [3.05, 3.63) is 0 Å². The van der Waals surface area contributed by atoms with Crippen molar-refractivity contribution in [2.24, 2.45) is 4.99 Å². The average molecular weight is 146 g/mol. The van der Waals surface area contributed by atoms with Crippen LogP contribution in [0.4, 0.5) is 0 Å². The van der Waals surface area contributed by atoms with Crippen LogP contribution in [0.2, 0.25) is 0 Å². The number of rotatable bonds is 1. The quantitative estimate of drug-likeness (QED) is 0.305. The molecule has 1 nitrogen and oxygen atoms in total. The zero-order chi connectivity index (χ0) is 4.99. The SMILES string of the molecule is ClCN=C(Cl)Cl. The normalized spacial score (nSPS) is 7.83. The molecule has 0 amide bonds. The summed E-state index contributed by atoms with van der Waals surface area (Å²) in [7, 11) is 0. The first-order valence-corrected chi connectivity index (χ1v) is 2.48. The second-order valence-electron chi connectivity index (χ2n) is 0.518. The van der Waals surface area contributed by atoms with Gasteiger partial charge in [-0.05, 0) is 23.2 Å². The summed E-state index contributed by atoms with van der Waals surface area (Å²) < 4.78 is -0.0231. The van der Waals surface area contributed by atoms with Crippen LogP contribution < -0.4 is 0 Å². The van der Waals surface area contributed by atoms with Crippen molar-refractivity contribution >= 4 is 39.4 Å². The Bertz CT molecular complexity index is 55.8. The fraction of sp³-hybridized carbons (Fsp3) is 0.500. The lowest BCUT2D eigenvalue weighted by Gasteiger charge is -1.73. The second-order valence-corrected chi connectivity index (χ2v) is 1.67. The van der Waals surface area contributed by atoms with E-state index in [1.807, 2.05) is 0 Å². The molecule has 36 valence electrons. The molecule has 0 aromatic heterocycles. The third-order valence-electron chi connectivity index (χ3n) is 0.179. The Hall–Kier alpha value is 0.540. The topological polar surface area (TPSA) is 12.4 Å². The van der Waals surface area contributed by atoms with Crippen LogP contribution in [0.15, 0.2) is 4.99 Å². The first-order valence-electron chi connectivity index (χ1n) is 1.19. The summed E-state index contributed by atoms with van der Waals surface area (Å²) in [5.41, 5.74) is 0. The third-order valence-corrected chi connectivity index (χ3v) is 0.538. The van der Waals surface area contributed by atoms with Gasteiger partial charge in [-0.2, -0.15) is 0 Å². The van der Waals surface area contributed by atoms with E-state index in [9.17, 15) is 0 Å². The summed E-state index contributed by atoms with van der Waals surface area (Å²) in [6, 6.07) is 0.127. The predicted octanol–water partition coefficient (Wildman–Crippen LogP) is 2.02. The summed E-state index contributed by atoms with van der Waals surface area (Å²) in [6.45, 7) is 0. The van der Waals surface area contributed by atoms with Crippen molar-refractivity contribution in [1.82, 2.24) is 0 Å². The maximum atomic E-state index is 5.04. The van der Waals surface area contributed by atoms with Crippen LogP contribution in [0.1, 0.15) is 0 Å². The van der Waals surface area contributed by atoms with E-state index in [0.29, 0.717) is 0 Å². The van der Waals surface area contributed by atoms with Crippen molar-refractivity contribution in [2.45, 2.75) is 0 Å². The number of halogens is 3. The molecule has 0 bridgehead atoms. The highest BCUT2D eigenvalue weighted by Gasteiger charge is 1.76. The molecule has 0 aliphatic carbocycles. The Morgan fingerprint density at radius 2 is 2.00 bits per heavy atom. The van der Waals surface area contributed by atoms with Crippen molar-refractivity contribution in [3.8, 4) is 0 Å². The monoisotopic (exact) mass is 145 g/mol. The van der Waals surface area contributed by atoms with Gasteiger partial charge in [0.05, 0.1) is 0 Å². The van der Waals surface area contributed by atoms with Crippen molar-refractivity contribution < 1.29 is 0 Å². The Morgan fingerprint density at radius 3 is 2.00 bits per heavy atom. The highest BCUT2D eigenvalue weighted by Crippen LogP contribution is 1.91. The van der Waals surface area contributed by atoms with Gasteiger partial charge in [0.2, 0.25) is 0 Å². The lowest BCUT2D eigenvalue weighted by atomic mass is 11.4. The molecular weight excluding hydrogens is 144 g/mol. The zero-order valence-electron chi connectivity index (χ0n) is 2.79. The molecule has 0 fully saturated rings. The molecule has 0 spiro atoms. The van der Waals surface area contributed by atoms with Gasteiger partial charge in [-0.25, -0.2) is 4.99 Å². The van der Waals surface area contributed by atoms with Crippen LogP contribution in [0.25, 0.3) is 0 Å². The van der Waals surface area contributed by atoms with Gasteiger partial charge in [-0.1, -0.05) is 0 Å². The fourth-order valence-corrected chi connectivity index (χ4v) is 0.407. The number of aliphatic imine (C=N–C) groups is 1. The molecule has 0 aromatic carbocycles. The highest BCUT2D eigenvalue weighted by atomic mass is 35.5. The smallest absolute Gasteiger partial charge is 0.193 e. The highest BCUT2D eigenvalue weighted by molar-refractivity contribution is 6.95. The van der Waals surface area contributed by atoms with E-state index in [-0.39, 0.29) is 10.6 Å². The van der Waals surface area contributed by atoms with Gasteiger partial charge in [0.1, 0.15) is 6.00 Å². The van der Waals surface area contributed by atoms with Crippen molar-refractivity contribution in [3.63, 3.8) is 0 Å². The fourth-order valence-electron chi connectivity index (χ4n) is 0.0452. The molecule has 0 saturated heterocycles. The molecule has 0 heterocycles. The molecule has 0 N–H and O–H groups in total. The number of hydrogen-bond acceptors (Lipinski definition) is 1. The average Bonchev–Trinajstić information content (AvgIpc) is 1.35. The molecule has 0 atom stereocenters. The largest absolute Gasteiger partial charge is 0.247 e. The number of nitrogens with zero attached hydrogens (tertiary/aromatic N) is 1. The molecule has 0 radical (unpaired) electrons. The van der Waals surface area contributed by atoms with Gasteiger partial charge in [0, 0.05) is 0 Å². The van der Waals surface area contributed by atoms with Crippen molar-refractivity contribution in [2.75, 3.05) is 6.00 Å². The minimum atomic E-state index is -0.0231. The third kappa shape index (κ3) is 4.54. The van der Waals surface area contributed by atoms with E-state index < -0.39 is 0 Å². The summed E-state index contributed by atoms with van der Waals surface area (Å²) in [5.74, 6) is 0. The van der Waals surface area contributed by atoms with Crippen LogP contribution >= 0.6 is 34.8 Å². The molecule has 0 rings (SSSR count). The summed E-state index contributed by atoms with van der Waals surface area (Å²) in [4.78, 5) is 3.34. The van der Waals surface area contributed by atoms with Crippen LogP contribution in [-0.4, -0.2) is 10.6 Å². The first-order chi connectivity index (χ1) is 2.77. The Morgan fingerprint density at radius 1 is 1.50 bits per heavy atom. The maximum absolute atomic E-state index is 5.04. The summed E-state index contributed by atoms with van der Waals surface area (Å²) in [5, 5.41) is 0. The van der Waals surface area contributed by atoms with Crippen LogP contribution in [0.3, 0.4) is 0 Å². The Kier molecular flexibility index (Phi) is 4.06. The van der Waals surface area contributed by atoms with Gasteiger partial charge < -0.3 is 0 Å². The number of hydrogen-bond donors (Lipinski definition) is 0. The van der Waals surface area contributed by atoms with Gasteiger partial charge in [0.25, 0.3) is 0 Å². The summed E-state index contributed by atoms with van der Waals surface area (Å²) >= 11 is 15.1. The standard InChI is InChI=1S/C2H2Cl3N/c3-1-6-2(4)5/h1H2.